The fourth-order valence-corrected chi connectivity index (χ4v) is 4.97. The summed E-state index contributed by atoms with van der Waals surface area (Å²) in [5.74, 6) is 0.218. The summed E-state index contributed by atoms with van der Waals surface area (Å²) in [5.41, 5.74) is 3.37. The average molecular weight is 431 g/mol. The van der Waals surface area contributed by atoms with Gasteiger partial charge in [-0.25, -0.2) is 8.42 Å². The van der Waals surface area contributed by atoms with Crippen LogP contribution in [0.2, 0.25) is 0 Å². The van der Waals surface area contributed by atoms with Gasteiger partial charge in [-0.3, -0.25) is 9.10 Å². The minimum atomic E-state index is -4.04. The third-order valence-corrected chi connectivity index (χ3v) is 7.26. The number of hydrogen-bond donors (Lipinski definition) is 1. The first-order valence-corrected chi connectivity index (χ1v) is 10.9. The Bertz CT molecular complexity index is 1120. The highest BCUT2D eigenvalue weighted by molar-refractivity contribution is 7.97. The van der Waals surface area contributed by atoms with Gasteiger partial charge in [0, 0.05) is 18.7 Å². The summed E-state index contributed by atoms with van der Waals surface area (Å²) in [4.78, 5) is 12.8. The average Bonchev–Trinajstić information content (AvgIpc) is 2.71. The highest BCUT2D eigenvalue weighted by atomic mass is 32.2. The number of amides is 1. The molecule has 30 heavy (non-hydrogen) atoms. The Morgan fingerprint density at radius 1 is 1.03 bits per heavy atom. The number of hydrogen-bond acceptors (Lipinski definition) is 5. The molecule has 0 radical (unpaired) electrons. The van der Waals surface area contributed by atoms with Gasteiger partial charge in [0.05, 0.1) is 25.9 Å². The van der Waals surface area contributed by atoms with Gasteiger partial charge in [-0.05, 0) is 38.0 Å². The highest BCUT2D eigenvalue weighted by Crippen LogP contribution is 2.44. The Labute approximate surface area is 177 Å². The third kappa shape index (κ3) is 3.63. The fraction of sp³-hybridized carbons (Fsp3) is 0.318. The first-order chi connectivity index (χ1) is 14.1. The maximum atomic E-state index is 13.2. The van der Waals surface area contributed by atoms with E-state index in [9.17, 15) is 13.2 Å². The lowest BCUT2D eigenvalue weighted by Crippen LogP contribution is -2.39. The van der Waals surface area contributed by atoms with Crippen LogP contribution in [0.4, 0.5) is 5.69 Å². The van der Waals surface area contributed by atoms with Crippen LogP contribution in [0.1, 0.15) is 36.6 Å². The first-order valence-electron chi connectivity index (χ1n) is 9.45. The fourth-order valence-electron chi connectivity index (χ4n) is 3.50. The normalized spacial score (nSPS) is 16.0. The Kier molecular flexibility index (Phi) is 5.81. The number of nitrogens with one attached hydrogen (secondary N) is 1. The van der Waals surface area contributed by atoms with Crippen LogP contribution in [0, 0.1) is 6.92 Å². The summed E-state index contributed by atoms with van der Waals surface area (Å²) in [7, 11) is 0.366. The van der Waals surface area contributed by atoms with Crippen LogP contribution >= 0.6 is 0 Å². The van der Waals surface area contributed by atoms with Crippen molar-refractivity contribution < 1.29 is 22.7 Å². The molecule has 0 aliphatic carbocycles. The van der Waals surface area contributed by atoms with Gasteiger partial charge in [0.25, 0.3) is 15.9 Å². The largest absolute Gasteiger partial charge is 0.493 e. The molecule has 1 aliphatic rings. The minimum Gasteiger partial charge on any atom is -0.493 e. The van der Waals surface area contributed by atoms with Crippen molar-refractivity contribution in [2.24, 2.45) is 0 Å². The van der Waals surface area contributed by atoms with Crippen molar-refractivity contribution in [3.05, 3.63) is 58.0 Å². The monoisotopic (exact) mass is 430 g/mol. The van der Waals surface area contributed by atoms with Crippen LogP contribution in [0.15, 0.2) is 41.3 Å². The van der Waals surface area contributed by atoms with Crippen molar-refractivity contribution in [1.29, 1.82) is 0 Å². The Morgan fingerprint density at radius 3 is 2.17 bits per heavy atom. The lowest BCUT2D eigenvalue weighted by molar-refractivity contribution is -0.117. The summed E-state index contributed by atoms with van der Waals surface area (Å²) in [6, 6.07) is 10.6. The van der Waals surface area contributed by atoms with E-state index in [0.29, 0.717) is 28.3 Å². The molecule has 1 aliphatic heterocycles. The van der Waals surface area contributed by atoms with Gasteiger partial charge in [-0.15, -0.1) is 0 Å². The molecule has 0 bridgehead atoms. The highest BCUT2D eigenvalue weighted by Gasteiger charge is 2.38. The number of sulfonamides is 1. The van der Waals surface area contributed by atoms with Crippen molar-refractivity contribution in [1.82, 2.24) is 5.32 Å². The molecule has 1 atom stereocenters. The molecule has 0 fully saturated rings. The van der Waals surface area contributed by atoms with Crippen LogP contribution in [0.3, 0.4) is 0 Å². The van der Waals surface area contributed by atoms with Crippen LogP contribution in [-0.4, -0.2) is 35.6 Å². The number of fused-ring (bicyclic) bond motifs is 1. The van der Waals surface area contributed by atoms with Crippen molar-refractivity contribution >= 4 is 27.2 Å². The quantitative estimate of drug-likeness (QED) is 0.786. The van der Waals surface area contributed by atoms with Gasteiger partial charge in [-0.2, -0.15) is 0 Å². The second-order valence-electron chi connectivity index (χ2n) is 7.26. The van der Waals surface area contributed by atoms with Gasteiger partial charge < -0.3 is 14.8 Å². The van der Waals surface area contributed by atoms with Gasteiger partial charge >= 0.3 is 0 Å². The van der Waals surface area contributed by atoms with E-state index < -0.39 is 15.9 Å². The maximum Gasteiger partial charge on any atom is 0.269 e. The van der Waals surface area contributed by atoms with E-state index in [1.165, 1.54) is 21.3 Å². The van der Waals surface area contributed by atoms with Gasteiger partial charge in [0.2, 0.25) is 0 Å². The molecular weight excluding hydrogens is 404 g/mol. The molecule has 1 N–H and O–H groups in total. The molecule has 160 valence electrons. The first kappa shape index (κ1) is 21.7. The smallest absolute Gasteiger partial charge is 0.269 e. The SMILES string of the molecule is COc1cc2c(cc1OC)N(C)S(=O)(=O)C(C(=O)N[C@@H](C)c1ccc(C)cc1)=C2C. The predicted octanol–water partition coefficient (Wildman–Crippen LogP) is 3.40. The summed E-state index contributed by atoms with van der Waals surface area (Å²) >= 11 is 0. The van der Waals surface area contributed by atoms with E-state index >= 15 is 0 Å². The number of anilines is 1. The molecule has 1 amide bonds. The second-order valence-corrected chi connectivity index (χ2v) is 9.16. The van der Waals surface area contributed by atoms with Gasteiger partial charge in [0.15, 0.2) is 16.4 Å². The van der Waals surface area contributed by atoms with Crippen LogP contribution in [0.25, 0.3) is 5.57 Å². The molecule has 0 unspecified atom stereocenters. The topological polar surface area (TPSA) is 84.9 Å². The molecule has 0 saturated heterocycles. The van der Waals surface area contributed by atoms with Gasteiger partial charge in [-0.1, -0.05) is 29.8 Å². The van der Waals surface area contributed by atoms with E-state index in [4.69, 9.17) is 9.47 Å². The van der Waals surface area contributed by atoms with E-state index in [-0.39, 0.29) is 10.9 Å². The zero-order valence-corrected chi connectivity index (χ0v) is 18.8. The molecule has 8 heteroatoms. The minimum absolute atomic E-state index is 0.274. The number of benzene rings is 2. The van der Waals surface area contributed by atoms with Crippen molar-refractivity contribution in [2.45, 2.75) is 26.8 Å². The van der Waals surface area contributed by atoms with Crippen LogP contribution in [0.5, 0.6) is 11.5 Å². The summed E-state index contributed by atoms with van der Waals surface area (Å²) < 4.78 is 38.1. The summed E-state index contributed by atoms with van der Waals surface area (Å²) in [5, 5.41) is 2.82. The number of allylic oxidation sites excluding steroid dienone is 1. The van der Waals surface area contributed by atoms with Crippen molar-refractivity contribution in [3.8, 4) is 11.5 Å². The number of carbonyl (C=O) groups excluding carboxylic acids is 1. The predicted molar refractivity (Wildman–Crippen MR) is 117 cm³/mol. The number of nitrogens with zero attached hydrogens (tertiary/aromatic N) is 1. The maximum absolute atomic E-state index is 13.2. The molecular formula is C22H26N2O5S. The molecule has 2 aromatic carbocycles. The standard InChI is InChI=1S/C22H26N2O5S/c1-13-7-9-16(10-8-13)15(3)23-22(25)21-14(2)17-11-19(28-5)20(29-6)12-18(17)24(4)30(21,26)27/h7-12,15H,1-6H3,(H,23,25)/t15-/m0/s1. The van der Waals surface area contributed by atoms with E-state index in [2.05, 4.69) is 5.32 Å². The number of ether oxygens (including phenoxy) is 2. The summed E-state index contributed by atoms with van der Waals surface area (Å²) in [6.07, 6.45) is 0. The molecule has 0 saturated carbocycles. The molecule has 3 rings (SSSR count). The Morgan fingerprint density at radius 2 is 1.60 bits per heavy atom. The van der Waals surface area contributed by atoms with Crippen LogP contribution in [-0.2, 0) is 14.8 Å². The van der Waals surface area contributed by atoms with Crippen molar-refractivity contribution in [2.75, 3.05) is 25.6 Å². The lowest BCUT2D eigenvalue weighted by atomic mass is 10.0. The third-order valence-electron chi connectivity index (χ3n) is 5.34. The van der Waals surface area contributed by atoms with Crippen molar-refractivity contribution in [3.63, 3.8) is 0 Å². The zero-order chi connectivity index (χ0) is 22.2. The summed E-state index contributed by atoms with van der Waals surface area (Å²) in [6.45, 7) is 5.42. The number of methoxy groups -OCH3 is 2. The number of carbonyl (C=O) groups is 1. The lowest BCUT2D eigenvalue weighted by Gasteiger charge is -2.31. The molecule has 7 nitrogen and oxygen atoms in total. The molecule has 0 aromatic heterocycles. The second kappa shape index (κ2) is 8.02. The van der Waals surface area contributed by atoms with E-state index in [1.807, 2.05) is 38.1 Å². The molecule has 2 aromatic rings. The zero-order valence-electron chi connectivity index (χ0n) is 17.9. The van der Waals surface area contributed by atoms with Crippen LogP contribution < -0.4 is 19.1 Å². The Balaban J connectivity index is 2.06. The number of rotatable bonds is 5. The number of aryl methyl sites for hydroxylation is 1. The molecule has 0 spiro atoms. The van der Waals surface area contributed by atoms with E-state index in [1.54, 1.807) is 19.1 Å². The molecule has 1 heterocycles. The van der Waals surface area contributed by atoms with Gasteiger partial charge in [0.1, 0.15) is 0 Å². The Hall–Kier alpha value is -3.00. The van der Waals surface area contributed by atoms with E-state index in [0.717, 1.165) is 15.4 Å².